The van der Waals surface area contributed by atoms with Gasteiger partial charge in [-0.3, -0.25) is 14.6 Å². The second-order valence-corrected chi connectivity index (χ2v) is 8.53. The topological polar surface area (TPSA) is 44.8 Å². The molecule has 5 heteroatoms. The standard InChI is InChI=1S/C23H37N3O2/c1-4-12-26-13-6-5-7-22(26)23(27)24-14-20-8-10-21(11-9-20)17-25-15-18(2)28-19(3)16-25/h8-11,18-19,22H,4-7,12-17H2,1-3H3,(H,24,27). The first-order chi connectivity index (χ1) is 13.5. The predicted molar refractivity (Wildman–Crippen MR) is 113 cm³/mol. The first-order valence-corrected chi connectivity index (χ1v) is 11.0. The zero-order valence-electron chi connectivity index (χ0n) is 17.8. The number of hydrogen-bond donors (Lipinski definition) is 1. The van der Waals surface area contributed by atoms with Gasteiger partial charge in [-0.2, -0.15) is 0 Å². The maximum Gasteiger partial charge on any atom is 0.237 e. The molecule has 3 atom stereocenters. The molecule has 1 N–H and O–H groups in total. The van der Waals surface area contributed by atoms with Crippen LogP contribution in [0.2, 0.25) is 0 Å². The number of carbonyl (C=O) groups excluding carboxylic acids is 1. The Bertz CT molecular complexity index is 607. The molecule has 0 bridgehead atoms. The summed E-state index contributed by atoms with van der Waals surface area (Å²) in [6, 6.07) is 8.73. The number of amides is 1. The highest BCUT2D eigenvalue weighted by atomic mass is 16.5. The summed E-state index contributed by atoms with van der Waals surface area (Å²) < 4.78 is 5.81. The summed E-state index contributed by atoms with van der Waals surface area (Å²) in [5.41, 5.74) is 2.48. The maximum absolute atomic E-state index is 12.7. The first kappa shape index (κ1) is 21.3. The van der Waals surface area contributed by atoms with Gasteiger partial charge in [-0.25, -0.2) is 0 Å². The van der Waals surface area contributed by atoms with Crippen molar-refractivity contribution < 1.29 is 9.53 Å². The van der Waals surface area contributed by atoms with Gasteiger partial charge in [-0.1, -0.05) is 37.6 Å². The summed E-state index contributed by atoms with van der Waals surface area (Å²) in [7, 11) is 0. The zero-order valence-corrected chi connectivity index (χ0v) is 17.8. The number of nitrogens with one attached hydrogen (secondary N) is 1. The van der Waals surface area contributed by atoms with Crippen molar-refractivity contribution in [1.29, 1.82) is 0 Å². The third-order valence-electron chi connectivity index (χ3n) is 5.82. The molecule has 1 aromatic carbocycles. The van der Waals surface area contributed by atoms with E-state index in [4.69, 9.17) is 4.74 Å². The molecule has 2 saturated heterocycles. The molecule has 0 aliphatic carbocycles. The summed E-state index contributed by atoms with van der Waals surface area (Å²) >= 11 is 0. The minimum atomic E-state index is 0.0540. The Morgan fingerprint density at radius 1 is 1.11 bits per heavy atom. The third kappa shape index (κ3) is 6.03. The Kier molecular flexibility index (Phi) is 7.89. The molecule has 28 heavy (non-hydrogen) atoms. The lowest BCUT2D eigenvalue weighted by Gasteiger charge is -2.35. The second-order valence-electron chi connectivity index (χ2n) is 8.53. The van der Waals surface area contributed by atoms with Crippen molar-refractivity contribution in [3.63, 3.8) is 0 Å². The molecule has 1 aromatic rings. The van der Waals surface area contributed by atoms with Gasteiger partial charge in [0.05, 0.1) is 18.2 Å². The van der Waals surface area contributed by atoms with Crippen LogP contribution in [0.1, 0.15) is 57.6 Å². The van der Waals surface area contributed by atoms with Crippen LogP contribution in [-0.4, -0.2) is 60.1 Å². The van der Waals surface area contributed by atoms with Crippen molar-refractivity contribution in [2.24, 2.45) is 0 Å². The van der Waals surface area contributed by atoms with Crippen LogP contribution >= 0.6 is 0 Å². The van der Waals surface area contributed by atoms with E-state index >= 15 is 0 Å². The van der Waals surface area contributed by atoms with Crippen LogP contribution in [0.15, 0.2) is 24.3 Å². The normalized spacial score (nSPS) is 26.9. The Hall–Kier alpha value is -1.43. The Balaban J connectivity index is 1.48. The fourth-order valence-electron chi connectivity index (χ4n) is 4.58. The van der Waals surface area contributed by atoms with Gasteiger partial charge in [-0.05, 0) is 57.3 Å². The van der Waals surface area contributed by atoms with E-state index in [-0.39, 0.29) is 11.9 Å². The van der Waals surface area contributed by atoms with E-state index < -0.39 is 0 Å². The Labute approximate surface area is 170 Å². The predicted octanol–water partition coefficient (Wildman–Crippen LogP) is 3.18. The number of benzene rings is 1. The fraction of sp³-hybridized carbons (Fsp3) is 0.696. The molecule has 2 heterocycles. The SMILES string of the molecule is CCCN1CCCCC1C(=O)NCc1ccc(CN2CC(C)OC(C)C2)cc1. The molecule has 0 radical (unpaired) electrons. The third-order valence-corrected chi connectivity index (χ3v) is 5.82. The lowest BCUT2D eigenvalue weighted by Crippen LogP contribution is -2.49. The van der Waals surface area contributed by atoms with Crippen LogP contribution in [0.5, 0.6) is 0 Å². The van der Waals surface area contributed by atoms with Crippen molar-refractivity contribution >= 4 is 5.91 Å². The van der Waals surface area contributed by atoms with Gasteiger partial charge in [0.2, 0.25) is 5.91 Å². The number of piperidine rings is 1. The second kappa shape index (κ2) is 10.4. The van der Waals surface area contributed by atoms with Crippen LogP contribution in [0.25, 0.3) is 0 Å². The van der Waals surface area contributed by atoms with Crippen LogP contribution in [0.4, 0.5) is 0 Å². The Morgan fingerprint density at radius 3 is 2.46 bits per heavy atom. The van der Waals surface area contributed by atoms with Crippen LogP contribution in [-0.2, 0) is 22.6 Å². The lowest BCUT2D eigenvalue weighted by molar-refractivity contribution is -0.127. The monoisotopic (exact) mass is 387 g/mol. The van der Waals surface area contributed by atoms with Gasteiger partial charge in [0.1, 0.15) is 0 Å². The molecule has 3 rings (SSSR count). The van der Waals surface area contributed by atoms with E-state index in [1.165, 1.54) is 17.5 Å². The molecule has 3 unspecified atom stereocenters. The number of ether oxygens (including phenoxy) is 1. The van der Waals surface area contributed by atoms with E-state index in [1.54, 1.807) is 0 Å². The first-order valence-electron chi connectivity index (χ1n) is 11.0. The van der Waals surface area contributed by atoms with E-state index in [2.05, 4.69) is 60.2 Å². The molecule has 2 aliphatic heterocycles. The Morgan fingerprint density at radius 2 is 1.79 bits per heavy atom. The van der Waals surface area contributed by atoms with Crippen LogP contribution in [0.3, 0.4) is 0 Å². The molecular formula is C23H37N3O2. The van der Waals surface area contributed by atoms with E-state index in [0.717, 1.165) is 52.0 Å². The smallest absolute Gasteiger partial charge is 0.237 e. The molecular weight excluding hydrogens is 350 g/mol. The highest BCUT2D eigenvalue weighted by Gasteiger charge is 2.27. The van der Waals surface area contributed by atoms with Gasteiger partial charge in [0.15, 0.2) is 0 Å². The van der Waals surface area contributed by atoms with Crippen molar-refractivity contribution in [3.05, 3.63) is 35.4 Å². The molecule has 2 fully saturated rings. The molecule has 0 aromatic heterocycles. The molecule has 1 amide bonds. The van der Waals surface area contributed by atoms with Crippen LogP contribution in [0, 0.1) is 0 Å². The number of hydrogen-bond acceptors (Lipinski definition) is 4. The number of likely N-dealkylation sites (tertiary alicyclic amines) is 1. The van der Waals surface area contributed by atoms with Gasteiger partial charge in [0, 0.05) is 26.2 Å². The van der Waals surface area contributed by atoms with E-state index in [0.29, 0.717) is 18.8 Å². The van der Waals surface area contributed by atoms with Gasteiger partial charge < -0.3 is 10.1 Å². The maximum atomic E-state index is 12.7. The summed E-state index contributed by atoms with van der Waals surface area (Å²) in [6.45, 7) is 12.1. The molecule has 156 valence electrons. The average molecular weight is 388 g/mol. The zero-order chi connectivity index (χ0) is 19.9. The highest BCUT2D eigenvalue weighted by molar-refractivity contribution is 5.81. The molecule has 5 nitrogen and oxygen atoms in total. The van der Waals surface area contributed by atoms with Crippen molar-refractivity contribution in [1.82, 2.24) is 15.1 Å². The summed E-state index contributed by atoms with van der Waals surface area (Å²) in [6.07, 6.45) is 5.06. The summed E-state index contributed by atoms with van der Waals surface area (Å²) in [5.74, 6) is 0.188. The minimum Gasteiger partial charge on any atom is -0.373 e. The quantitative estimate of drug-likeness (QED) is 0.781. The van der Waals surface area contributed by atoms with E-state index in [9.17, 15) is 4.79 Å². The minimum absolute atomic E-state index is 0.0540. The van der Waals surface area contributed by atoms with Crippen molar-refractivity contribution in [3.8, 4) is 0 Å². The van der Waals surface area contributed by atoms with E-state index in [1.807, 2.05) is 0 Å². The number of nitrogens with zero attached hydrogens (tertiary/aromatic N) is 2. The fourth-order valence-corrected chi connectivity index (χ4v) is 4.58. The van der Waals surface area contributed by atoms with Gasteiger partial charge in [0.25, 0.3) is 0 Å². The molecule has 0 spiro atoms. The van der Waals surface area contributed by atoms with Crippen molar-refractivity contribution in [2.45, 2.75) is 77.8 Å². The number of rotatable bonds is 7. The summed E-state index contributed by atoms with van der Waals surface area (Å²) in [5, 5.41) is 3.16. The number of morpholine rings is 1. The summed E-state index contributed by atoms with van der Waals surface area (Å²) in [4.78, 5) is 17.5. The van der Waals surface area contributed by atoms with Gasteiger partial charge >= 0.3 is 0 Å². The largest absolute Gasteiger partial charge is 0.373 e. The lowest BCUT2D eigenvalue weighted by atomic mass is 10.0. The molecule has 2 aliphatic rings. The molecule has 0 saturated carbocycles. The number of carbonyl (C=O) groups is 1. The average Bonchev–Trinajstić information content (AvgIpc) is 2.67. The highest BCUT2D eigenvalue weighted by Crippen LogP contribution is 2.18. The van der Waals surface area contributed by atoms with Gasteiger partial charge in [-0.15, -0.1) is 0 Å². The van der Waals surface area contributed by atoms with Crippen LogP contribution < -0.4 is 5.32 Å². The van der Waals surface area contributed by atoms with Crippen molar-refractivity contribution in [2.75, 3.05) is 26.2 Å².